The van der Waals surface area contributed by atoms with Gasteiger partial charge in [0.1, 0.15) is 16.6 Å². The Labute approximate surface area is 212 Å². The molecule has 0 bridgehead atoms. The molecule has 0 saturated heterocycles. The molecule has 5 rings (SSSR count). The molecule has 188 valence electrons. The van der Waals surface area contributed by atoms with Gasteiger partial charge in [0.15, 0.2) is 11.4 Å². The van der Waals surface area contributed by atoms with Crippen LogP contribution in [-0.2, 0) is 6.18 Å². The monoisotopic (exact) mass is 526 g/mol. The molecule has 0 aliphatic rings. The summed E-state index contributed by atoms with van der Waals surface area (Å²) in [7, 11) is 0. The number of pyridine rings is 2. The lowest BCUT2D eigenvalue weighted by Gasteiger charge is -2.20. The fourth-order valence-corrected chi connectivity index (χ4v) is 4.33. The molecule has 0 radical (unpaired) electrons. The number of carboxylic acid groups (broad SMARTS) is 1. The van der Waals surface area contributed by atoms with Crippen molar-refractivity contribution in [3.8, 4) is 11.4 Å². The molecule has 4 heterocycles. The van der Waals surface area contributed by atoms with E-state index in [-0.39, 0.29) is 28.0 Å². The Morgan fingerprint density at radius 2 is 1.95 bits per heavy atom. The zero-order valence-electron chi connectivity index (χ0n) is 19.4. The van der Waals surface area contributed by atoms with Gasteiger partial charge in [-0.1, -0.05) is 17.7 Å². The molecule has 12 heteroatoms. The van der Waals surface area contributed by atoms with Crippen LogP contribution in [0.1, 0.15) is 40.3 Å². The maximum absolute atomic E-state index is 13.6. The van der Waals surface area contributed by atoms with Crippen molar-refractivity contribution in [1.29, 1.82) is 0 Å². The topological polar surface area (TPSA) is 105 Å². The van der Waals surface area contributed by atoms with E-state index < -0.39 is 23.9 Å². The third-order valence-electron chi connectivity index (χ3n) is 5.79. The van der Waals surface area contributed by atoms with Crippen LogP contribution in [0.2, 0.25) is 5.15 Å². The van der Waals surface area contributed by atoms with Crippen LogP contribution in [0.4, 0.5) is 18.9 Å². The van der Waals surface area contributed by atoms with Crippen LogP contribution in [0.5, 0.6) is 0 Å². The van der Waals surface area contributed by atoms with Gasteiger partial charge in [-0.2, -0.15) is 13.2 Å². The fraction of sp³-hybridized carbons (Fsp3) is 0.160. The van der Waals surface area contributed by atoms with E-state index >= 15 is 0 Å². The quantitative estimate of drug-likeness (QED) is 0.263. The molecule has 5 aromatic rings. The number of nitrogens with one attached hydrogen (secondary N) is 1. The Morgan fingerprint density at radius 3 is 2.62 bits per heavy atom. The third kappa shape index (κ3) is 4.53. The van der Waals surface area contributed by atoms with Crippen LogP contribution in [0.3, 0.4) is 0 Å². The molecule has 8 nitrogen and oxygen atoms in total. The summed E-state index contributed by atoms with van der Waals surface area (Å²) >= 11 is 5.87. The van der Waals surface area contributed by atoms with E-state index in [1.165, 1.54) is 22.7 Å². The predicted octanol–water partition coefficient (Wildman–Crippen LogP) is 6.19. The molecule has 1 unspecified atom stereocenters. The number of fused-ring (bicyclic) bond motifs is 3. The molecule has 0 amide bonds. The Kier molecular flexibility index (Phi) is 5.95. The highest BCUT2D eigenvalue weighted by molar-refractivity contribution is 6.29. The van der Waals surface area contributed by atoms with Crippen LogP contribution in [0.15, 0.2) is 55.0 Å². The van der Waals surface area contributed by atoms with Crippen molar-refractivity contribution in [1.82, 2.24) is 24.3 Å². The second-order valence-electron chi connectivity index (χ2n) is 8.45. The minimum atomic E-state index is -4.65. The molecule has 1 aromatic carbocycles. The predicted molar refractivity (Wildman–Crippen MR) is 132 cm³/mol. The SMILES string of the molecule is Cc1cc(C(C)Nc2ccc(Cl)nc2C(=O)O)c2nc(-c3cccnc3)n3cc(C(F)(F)F)nc3c2c1. The van der Waals surface area contributed by atoms with Crippen molar-refractivity contribution in [3.05, 3.63) is 82.7 Å². The zero-order chi connectivity index (χ0) is 26.5. The number of anilines is 1. The second kappa shape index (κ2) is 9.00. The summed E-state index contributed by atoms with van der Waals surface area (Å²) in [5.41, 5.74) is 1.33. The maximum Gasteiger partial charge on any atom is 0.434 e. The lowest BCUT2D eigenvalue weighted by molar-refractivity contribution is -0.140. The van der Waals surface area contributed by atoms with Gasteiger partial charge in [0.2, 0.25) is 0 Å². The molecule has 37 heavy (non-hydrogen) atoms. The number of imidazole rings is 1. The number of aryl methyl sites for hydroxylation is 1. The van der Waals surface area contributed by atoms with Crippen molar-refractivity contribution in [3.63, 3.8) is 0 Å². The number of aromatic carboxylic acids is 1. The molecule has 1 atom stereocenters. The summed E-state index contributed by atoms with van der Waals surface area (Å²) in [6.07, 6.45) is -0.667. The Hall–Kier alpha value is -4.25. The molecule has 2 N–H and O–H groups in total. The highest BCUT2D eigenvalue weighted by Crippen LogP contribution is 2.35. The number of nitrogens with zero attached hydrogens (tertiary/aromatic N) is 5. The van der Waals surface area contributed by atoms with E-state index in [1.807, 2.05) is 6.07 Å². The number of hydrogen-bond acceptors (Lipinski definition) is 6. The lowest BCUT2D eigenvalue weighted by atomic mass is 10.0. The largest absolute Gasteiger partial charge is 0.476 e. The van der Waals surface area contributed by atoms with Crippen molar-refractivity contribution in [2.75, 3.05) is 5.32 Å². The average Bonchev–Trinajstić information content (AvgIpc) is 3.31. The fourth-order valence-electron chi connectivity index (χ4n) is 4.18. The van der Waals surface area contributed by atoms with Gasteiger partial charge in [-0.15, -0.1) is 0 Å². The highest BCUT2D eigenvalue weighted by atomic mass is 35.5. The molecular weight excluding hydrogens is 509 g/mol. The Bertz CT molecular complexity index is 1670. The Morgan fingerprint density at radius 1 is 1.16 bits per heavy atom. The number of halogens is 4. The van der Waals surface area contributed by atoms with Gasteiger partial charge in [0.25, 0.3) is 0 Å². The van der Waals surface area contributed by atoms with E-state index in [0.717, 1.165) is 11.8 Å². The number of rotatable bonds is 5. The van der Waals surface area contributed by atoms with Crippen molar-refractivity contribution in [2.24, 2.45) is 0 Å². The summed E-state index contributed by atoms with van der Waals surface area (Å²) in [5.74, 6) is -1.03. The van der Waals surface area contributed by atoms with Crippen LogP contribution < -0.4 is 5.32 Å². The first-order chi connectivity index (χ1) is 17.5. The average molecular weight is 527 g/mol. The van der Waals surface area contributed by atoms with Gasteiger partial charge in [0, 0.05) is 35.1 Å². The molecule has 0 aliphatic carbocycles. The van der Waals surface area contributed by atoms with E-state index in [2.05, 4.69) is 20.3 Å². The van der Waals surface area contributed by atoms with Gasteiger partial charge in [-0.05, 0) is 49.7 Å². The number of alkyl halides is 3. The molecule has 0 saturated carbocycles. The normalized spacial score (nSPS) is 12.7. The molecular formula is C25H18ClF3N6O2. The first-order valence-electron chi connectivity index (χ1n) is 11.0. The van der Waals surface area contributed by atoms with Gasteiger partial charge < -0.3 is 10.4 Å². The number of benzene rings is 1. The van der Waals surface area contributed by atoms with E-state index in [4.69, 9.17) is 16.6 Å². The Balaban J connectivity index is 1.75. The van der Waals surface area contributed by atoms with Crippen LogP contribution in [0, 0.1) is 6.92 Å². The zero-order valence-corrected chi connectivity index (χ0v) is 20.1. The highest BCUT2D eigenvalue weighted by Gasteiger charge is 2.35. The molecule has 0 aliphatic heterocycles. The van der Waals surface area contributed by atoms with Crippen LogP contribution in [0.25, 0.3) is 27.9 Å². The van der Waals surface area contributed by atoms with Crippen LogP contribution >= 0.6 is 11.6 Å². The van der Waals surface area contributed by atoms with E-state index in [1.54, 1.807) is 38.2 Å². The number of aromatic nitrogens is 5. The summed E-state index contributed by atoms with van der Waals surface area (Å²) in [5, 5.41) is 13.1. The summed E-state index contributed by atoms with van der Waals surface area (Å²) in [6, 6.07) is 9.37. The van der Waals surface area contributed by atoms with Gasteiger partial charge in [-0.3, -0.25) is 9.38 Å². The third-order valence-corrected chi connectivity index (χ3v) is 6.00. The van der Waals surface area contributed by atoms with Crippen molar-refractivity contribution in [2.45, 2.75) is 26.1 Å². The standard InChI is InChI=1S/C25H18ClF3N6O2/c1-12-8-15(13(2)31-17-5-6-19(26)33-21(17)24(36)37)20-16(9-12)23-32-18(25(27,28)29)11-35(23)22(34-20)14-4-3-7-30-10-14/h3-11,13,31H,1-2H3,(H,36,37). The first-order valence-corrected chi connectivity index (χ1v) is 11.4. The van der Waals surface area contributed by atoms with Gasteiger partial charge >= 0.3 is 12.1 Å². The van der Waals surface area contributed by atoms with Crippen molar-refractivity contribution >= 4 is 39.8 Å². The number of carbonyl (C=O) groups is 1. The van der Waals surface area contributed by atoms with Gasteiger partial charge in [0.05, 0.1) is 17.2 Å². The summed E-state index contributed by atoms with van der Waals surface area (Å²) in [6.45, 7) is 3.60. The maximum atomic E-state index is 13.6. The first kappa shape index (κ1) is 24.4. The van der Waals surface area contributed by atoms with Gasteiger partial charge in [-0.25, -0.2) is 19.7 Å². The molecule has 0 fully saturated rings. The van der Waals surface area contributed by atoms with Crippen LogP contribution in [-0.4, -0.2) is 35.4 Å². The number of hydrogen-bond donors (Lipinski definition) is 2. The van der Waals surface area contributed by atoms with E-state index in [0.29, 0.717) is 22.0 Å². The summed E-state index contributed by atoms with van der Waals surface area (Å²) < 4.78 is 42.2. The number of carboxylic acids is 1. The minimum Gasteiger partial charge on any atom is -0.476 e. The second-order valence-corrected chi connectivity index (χ2v) is 8.83. The molecule has 4 aromatic heterocycles. The van der Waals surface area contributed by atoms with Crippen molar-refractivity contribution < 1.29 is 23.1 Å². The minimum absolute atomic E-state index is 0.0292. The summed E-state index contributed by atoms with van der Waals surface area (Å²) in [4.78, 5) is 28.4. The molecule has 0 spiro atoms. The van der Waals surface area contributed by atoms with E-state index in [9.17, 15) is 23.1 Å². The lowest BCUT2D eigenvalue weighted by Crippen LogP contribution is -2.13. The smallest absolute Gasteiger partial charge is 0.434 e.